The summed E-state index contributed by atoms with van der Waals surface area (Å²) in [5.41, 5.74) is 8.01. The first-order chi connectivity index (χ1) is 15.3. The fraction of sp³-hybridized carbons (Fsp3) is 0.500. The van der Waals surface area contributed by atoms with Crippen molar-refractivity contribution < 1.29 is 28.5 Å². The summed E-state index contributed by atoms with van der Waals surface area (Å²) in [6.07, 6.45) is 2.29. The van der Waals surface area contributed by atoms with Crippen LogP contribution in [0.25, 0.3) is 0 Å². The van der Waals surface area contributed by atoms with Crippen LogP contribution >= 0.6 is 0 Å². The molecule has 8 nitrogen and oxygen atoms in total. The first-order valence-corrected chi connectivity index (χ1v) is 10.7. The Labute approximate surface area is 187 Å². The number of nitrogens with zero attached hydrogens (tertiary/aromatic N) is 1. The third kappa shape index (κ3) is 3.24. The lowest BCUT2D eigenvalue weighted by Crippen LogP contribution is -2.34. The van der Waals surface area contributed by atoms with Gasteiger partial charge in [-0.25, -0.2) is 0 Å². The summed E-state index contributed by atoms with van der Waals surface area (Å²) in [7, 11) is 3.09. The van der Waals surface area contributed by atoms with Gasteiger partial charge in [-0.05, 0) is 11.8 Å². The fourth-order valence-electron chi connectivity index (χ4n) is 4.93. The second-order valence-corrected chi connectivity index (χ2v) is 8.98. The number of methoxy groups -OCH3 is 2. The molecule has 0 saturated heterocycles. The molecule has 2 heterocycles. The van der Waals surface area contributed by atoms with Gasteiger partial charge in [-0.1, -0.05) is 27.2 Å². The van der Waals surface area contributed by atoms with Crippen molar-refractivity contribution in [1.29, 1.82) is 5.26 Å². The zero-order chi connectivity index (χ0) is 23.2. The Kier molecular flexibility index (Phi) is 5.45. The molecule has 0 radical (unpaired) electrons. The highest BCUT2D eigenvalue weighted by Gasteiger charge is 2.46. The number of carbonyl (C=O) groups is 1. The first-order valence-electron chi connectivity index (χ1n) is 10.7. The summed E-state index contributed by atoms with van der Waals surface area (Å²) in [5, 5.41) is 10.0. The summed E-state index contributed by atoms with van der Waals surface area (Å²) >= 11 is 0. The monoisotopic (exact) mass is 440 g/mol. The molecule has 0 bridgehead atoms. The van der Waals surface area contributed by atoms with Gasteiger partial charge in [0, 0.05) is 29.5 Å². The highest BCUT2D eigenvalue weighted by Crippen LogP contribution is 2.58. The van der Waals surface area contributed by atoms with Crippen molar-refractivity contribution in [2.75, 3.05) is 21.0 Å². The number of benzene rings is 1. The lowest BCUT2D eigenvalue weighted by Gasteiger charge is -2.38. The van der Waals surface area contributed by atoms with E-state index in [4.69, 9.17) is 29.4 Å². The minimum absolute atomic E-state index is 0.00267. The van der Waals surface area contributed by atoms with Crippen LogP contribution in [0, 0.1) is 16.7 Å². The maximum Gasteiger partial charge on any atom is 0.231 e. The number of nitriles is 1. The minimum Gasteiger partial charge on any atom is -0.492 e. The smallest absolute Gasteiger partial charge is 0.231 e. The lowest BCUT2D eigenvalue weighted by atomic mass is 9.69. The van der Waals surface area contributed by atoms with E-state index in [1.165, 1.54) is 7.11 Å². The van der Waals surface area contributed by atoms with Gasteiger partial charge in [0.15, 0.2) is 17.3 Å². The Morgan fingerprint density at radius 1 is 1.16 bits per heavy atom. The third-order valence-electron chi connectivity index (χ3n) is 6.14. The second kappa shape index (κ2) is 7.97. The average Bonchev–Trinajstić information content (AvgIpc) is 3.20. The van der Waals surface area contributed by atoms with Crippen molar-refractivity contribution in [2.24, 2.45) is 11.1 Å². The number of hydrogen-bond donors (Lipinski definition) is 1. The SMILES string of the molecule is CCCc1c(OC)c2c(c(OC)c1C1C(C#N)=C(N)OC3=C1C(=O)CC(C)(C)C3)OCO2. The van der Waals surface area contributed by atoms with E-state index in [0.29, 0.717) is 59.2 Å². The standard InChI is InChI=1S/C24H28N2O6/c1-6-7-12-17(20(29-5)22-21(19(12)28-4)30-11-31-22)16-13(10-25)23(26)32-15-9-24(2,3)8-14(27)18(15)16/h16H,6-9,11,26H2,1-5H3. The number of hydrogen-bond acceptors (Lipinski definition) is 8. The molecule has 0 spiro atoms. The van der Waals surface area contributed by atoms with Crippen molar-refractivity contribution in [3.8, 4) is 29.1 Å². The van der Waals surface area contributed by atoms with Crippen molar-refractivity contribution >= 4 is 5.78 Å². The molecule has 1 aromatic rings. The van der Waals surface area contributed by atoms with Gasteiger partial charge in [0.2, 0.25) is 24.2 Å². The molecule has 1 atom stereocenters. The Bertz CT molecular complexity index is 1090. The number of carbonyl (C=O) groups excluding carboxylic acids is 1. The Morgan fingerprint density at radius 3 is 2.41 bits per heavy atom. The van der Waals surface area contributed by atoms with Crippen LogP contribution in [-0.4, -0.2) is 26.8 Å². The van der Waals surface area contributed by atoms with Crippen LogP contribution < -0.4 is 24.7 Å². The number of allylic oxidation sites excluding steroid dienone is 3. The largest absolute Gasteiger partial charge is 0.492 e. The van der Waals surface area contributed by atoms with E-state index >= 15 is 0 Å². The quantitative estimate of drug-likeness (QED) is 0.735. The average molecular weight is 440 g/mol. The van der Waals surface area contributed by atoms with Gasteiger partial charge in [-0.3, -0.25) is 4.79 Å². The molecule has 170 valence electrons. The lowest BCUT2D eigenvalue weighted by molar-refractivity contribution is -0.119. The van der Waals surface area contributed by atoms with Crippen LogP contribution in [0.2, 0.25) is 0 Å². The molecule has 8 heteroatoms. The Balaban J connectivity index is 2.08. The van der Waals surface area contributed by atoms with Gasteiger partial charge in [-0.15, -0.1) is 0 Å². The fourth-order valence-corrected chi connectivity index (χ4v) is 4.93. The first kappa shape index (κ1) is 21.9. The van der Waals surface area contributed by atoms with Crippen LogP contribution in [0.1, 0.15) is 57.1 Å². The highest BCUT2D eigenvalue weighted by molar-refractivity contribution is 6.00. The normalized spacial score (nSPS) is 21.1. The molecule has 0 fully saturated rings. The van der Waals surface area contributed by atoms with Crippen molar-refractivity contribution in [2.45, 2.75) is 52.4 Å². The molecular weight excluding hydrogens is 412 g/mol. The van der Waals surface area contributed by atoms with E-state index < -0.39 is 5.92 Å². The molecule has 2 aliphatic heterocycles. The van der Waals surface area contributed by atoms with Crippen LogP contribution in [0.3, 0.4) is 0 Å². The molecule has 1 unspecified atom stereocenters. The van der Waals surface area contributed by atoms with Gasteiger partial charge in [0.1, 0.15) is 17.4 Å². The highest BCUT2D eigenvalue weighted by atomic mass is 16.7. The van der Waals surface area contributed by atoms with Gasteiger partial charge in [0.25, 0.3) is 0 Å². The minimum atomic E-state index is -0.743. The summed E-state index contributed by atoms with van der Waals surface area (Å²) in [6, 6.07) is 2.18. The van der Waals surface area contributed by atoms with E-state index in [1.54, 1.807) is 7.11 Å². The predicted octanol–water partition coefficient (Wildman–Crippen LogP) is 3.84. The molecule has 1 aliphatic carbocycles. The molecule has 3 aliphatic rings. The predicted molar refractivity (Wildman–Crippen MR) is 115 cm³/mol. The van der Waals surface area contributed by atoms with E-state index in [9.17, 15) is 10.1 Å². The molecule has 1 aromatic carbocycles. The molecule has 0 saturated carbocycles. The van der Waals surface area contributed by atoms with Crippen molar-refractivity contribution in [3.63, 3.8) is 0 Å². The molecule has 0 amide bonds. The maximum absolute atomic E-state index is 13.4. The summed E-state index contributed by atoms with van der Waals surface area (Å²) < 4.78 is 28.8. The van der Waals surface area contributed by atoms with Crippen LogP contribution in [0.15, 0.2) is 22.8 Å². The molecule has 2 N–H and O–H groups in total. The second-order valence-electron chi connectivity index (χ2n) is 8.98. The van der Waals surface area contributed by atoms with Gasteiger partial charge < -0.3 is 29.4 Å². The molecular formula is C24H28N2O6. The van der Waals surface area contributed by atoms with Gasteiger partial charge in [-0.2, -0.15) is 5.26 Å². The summed E-state index contributed by atoms with van der Waals surface area (Å²) in [4.78, 5) is 13.4. The van der Waals surface area contributed by atoms with Crippen molar-refractivity contribution in [3.05, 3.63) is 33.9 Å². The number of ether oxygens (including phenoxy) is 5. The number of Topliss-reactive ketones (excluding diaryl/α,β-unsaturated/α-hetero) is 1. The maximum atomic E-state index is 13.4. The number of nitrogens with two attached hydrogens (primary N) is 1. The van der Waals surface area contributed by atoms with Gasteiger partial charge in [0.05, 0.1) is 20.1 Å². The molecule has 4 rings (SSSR count). The topological polar surface area (TPSA) is 113 Å². The van der Waals surface area contributed by atoms with E-state index in [1.807, 2.05) is 20.8 Å². The summed E-state index contributed by atoms with van der Waals surface area (Å²) in [6.45, 7) is 6.09. The number of ketones is 1. The zero-order valence-electron chi connectivity index (χ0n) is 19.1. The van der Waals surface area contributed by atoms with Crippen molar-refractivity contribution in [1.82, 2.24) is 0 Å². The van der Waals surface area contributed by atoms with Gasteiger partial charge >= 0.3 is 0 Å². The van der Waals surface area contributed by atoms with Crippen LogP contribution in [0.5, 0.6) is 23.0 Å². The van der Waals surface area contributed by atoms with Crippen LogP contribution in [-0.2, 0) is 16.0 Å². The summed E-state index contributed by atoms with van der Waals surface area (Å²) in [5.74, 6) is 1.49. The Morgan fingerprint density at radius 2 is 1.81 bits per heavy atom. The van der Waals surface area contributed by atoms with E-state index in [0.717, 1.165) is 12.0 Å². The zero-order valence-corrected chi connectivity index (χ0v) is 19.1. The third-order valence-corrected chi connectivity index (χ3v) is 6.14. The Hall–Kier alpha value is -3.34. The van der Waals surface area contributed by atoms with E-state index in [-0.39, 0.29) is 29.4 Å². The van der Waals surface area contributed by atoms with Crippen LogP contribution in [0.4, 0.5) is 0 Å². The molecule has 32 heavy (non-hydrogen) atoms. The number of fused-ring (bicyclic) bond motifs is 1. The molecule has 0 aromatic heterocycles. The number of rotatable bonds is 5. The van der Waals surface area contributed by atoms with E-state index in [2.05, 4.69) is 6.07 Å².